The average molecular weight is 364 g/mol. The van der Waals surface area contributed by atoms with Gasteiger partial charge in [0.1, 0.15) is 0 Å². The van der Waals surface area contributed by atoms with Crippen molar-refractivity contribution in [1.82, 2.24) is 0 Å². The predicted molar refractivity (Wildman–Crippen MR) is 99.7 cm³/mol. The Hall–Kier alpha value is -3.74. The van der Waals surface area contributed by atoms with Crippen LogP contribution in [0, 0.1) is 10.1 Å². The molecule has 0 spiro atoms. The number of carbonyl (C=O) groups excluding carboxylic acids is 2. The Morgan fingerprint density at radius 1 is 1.11 bits per heavy atom. The van der Waals surface area contributed by atoms with E-state index in [9.17, 15) is 19.7 Å². The van der Waals surface area contributed by atoms with E-state index >= 15 is 0 Å². The number of nitrogens with zero attached hydrogens (tertiary/aromatic N) is 2. The molecule has 0 radical (unpaired) electrons. The Morgan fingerprint density at radius 2 is 1.74 bits per heavy atom. The number of non-ortho nitro benzene ring substituents is 1. The Labute approximate surface area is 155 Å². The fourth-order valence-corrected chi connectivity index (χ4v) is 2.93. The standard InChI is InChI=1S/C20H16N2O5/c1-13-18(20(24)27-2)17(12-14-8-10-16(11-9-14)22(25)26)19(23)21(13)15-6-4-3-5-7-15/h3-12H,1-2H3/b17-12-. The van der Waals surface area contributed by atoms with E-state index in [-0.39, 0.29) is 22.7 Å². The average Bonchev–Trinajstić information content (AvgIpc) is 2.92. The monoisotopic (exact) mass is 364 g/mol. The van der Waals surface area contributed by atoms with Crippen molar-refractivity contribution in [2.75, 3.05) is 12.0 Å². The molecule has 2 aromatic carbocycles. The van der Waals surface area contributed by atoms with Crippen LogP contribution in [0.3, 0.4) is 0 Å². The SMILES string of the molecule is COC(=O)C1=C(C)N(c2ccccc2)C(=O)/C1=C\c1ccc([N+](=O)[O-])cc1. The number of amides is 1. The minimum atomic E-state index is -0.618. The lowest BCUT2D eigenvalue weighted by molar-refractivity contribution is -0.384. The number of carbonyl (C=O) groups is 2. The number of allylic oxidation sites excluding steroid dienone is 1. The van der Waals surface area contributed by atoms with E-state index in [4.69, 9.17) is 4.74 Å². The van der Waals surface area contributed by atoms with Gasteiger partial charge in [0.15, 0.2) is 0 Å². The number of anilines is 1. The van der Waals surface area contributed by atoms with Crippen LogP contribution in [0.4, 0.5) is 11.4 Å². The summed E-state index contributed by atoms with van der Waals surface area (Å²) in [6, 6.07) is 14.7. The maximum absolute atomic E-state index is 13.0. The van der Waals surface area contributed by atoms with E-state index in [1.807, 2.05) is 6.07 Å². The molecule has 0 aliphatic carbocycles. The Balaban J connectivity index is 2.09. The van der Waals surface area contributed by atoms with E-state index in [0.29, 0.717) is 16.9 Å². The molecular formula is C20H16N2O5. The molecule has 0 saturated heterocycles. The van der Waals surface area contributed by atoms with Crippen LogP contribution >= 0.6 is 0 Å². The van der Waals surface area contributed by atoms with Gasteiger partial charge in [0.2, 0.25) is 0 Å². The van der Waals surface area contributed by atoms with E-state index < -0.39 is 10.9 Å². The largest absolute Gasteiger partial charge is 0.465 e. The highest BCUT2D eigenvalue weighted by Crippen LogP contribution is 2.35. The molecule has 0 aromatic heterocycles. The van der Waals surface area contributed by atoms with Crippen LogP contribution in [-0.2, 0) is 14.3 Å². The quantitative estimate of drug-likeness (QED) is 0.359. The van der Waals surface area contributed by atoms with Gasteiger partial charge >= 0.3 is 5.97 Å². The van der Waals surface area contributed by atoms with Gasteiger partial charge < -0.3 is 4.74 Å². The highest BCUT2D eigenvalue weighted by Gasteiger charge is 2.37. The molecule has 0 bridgehead atoms. The van der Waals surface area contributed by atoms with Crippen molar-refractivity contribution in [1.29, 1.82) is 0 Å². The number of ether oxygens (including phenoxy) is 1. The lowest BCUT2D eigenvalue weighted by atomic mass is 10.0. The number of nitro groups is 1. The van der Waals surface area contributed by atoms with Gasteiger partial charge in [0, 0.05) is 23.5 Å². The zero-order chi connectivity index (χ0) is 19.6. The first kappa shape index (κ1) is 18.1. The summed E-state index contributed by atoms with van der Waals surface area (Å²) in [6.45, 7) is 1.67. The molecule has 7 heteroatoms. The molecule has 0 atom stereocenters. The topological polar surface area (TPSA) is 89.8 Å². The molecule has 27 heavy (non-hydrogen) atoms. The van der Waals surface area contributed by atoms with Crippen LogP contribution < -0.4 is 4.90 Å². The van der Waals surface area contributed by atoms with Crippen LogP contribution in [0.15, 0.2) is 71.4 Å². The number of esters is 1. The summed E-state index contributed by atoms with van der Waals surface area (Å²) in [5.41, 5.74) is 1.95. The third kappa shape index (κ3) is 3.35. The van der Waals surface area contributed by atoms with Crippen molar-refractivity contribution in [2.24, 2.45) is 0 Å². The minimum absolute atomic E-state index is 0.0549. The van der Waals surface area contributed by atoms with Crippen LogP contribution in [0.1, 0.15) is 12.5 Å². The smallest absolute Gasteiger partial charge is 0.340 e. The molecule has 2 aromatic rings. The number of nitro benzene ring substituents is 1. The molecule has 7 nitrogen and oxygen atoms in total. The lowest BCUT2D eigenvalue weighted by Crippen LogP contribution is -2.24. The lowest BCUT2D eigenvalue weighted by Gasteiger charge is -2.17. The zero-order valence-electron chi connectivity index (χ0n) is 14.7. The minimum Gasteiger partial charge on any atom is -0.465 e. The van der Waals surface area contributed by atoms with Gasteiger partial charge in [0.25, 0.3) is 11.6 Å². The first-order chi connectivity index (χ1) is 12.9. The fourth-order valence-electron chi connectivity index (χ4n) is 2.93. The molecule has 3 rings (SSSR count). The second kappa shape index (κ2) is 7.25. The first-order valence-corrected chi connectivity index (χ1v) is 8.09. The first-order valence-electron chi connectivity index (χ1n) is 8.09. The molecule has 1 aliphatic heterocycles. The maximum Gasteiger partial charge on any atom is 0.340 e. The van der Waals surface area contributed by atoms with E-state index in [2.05, 4.69) is 0 Å². The second-order valence-corrected chi connectivity index (χ2v) is 5.83. The summed E-state index contributed by atoms with van der Waals surface area (Å²) in [5.74, 6) is -0.982. The van der Waals surface area contributed by atoms with Crippen LogP contribution in [-0.4, -0.2) is 23.9 Å². The van der Waals surface area contributed by atoms with Gasteiger partial charge in [-0.2, -0.15) is 0 Å². The molecular weight excluding hydrogens is 348 g/mol. The van der Waals surface area contributed by atoms with Crippen molar-refractivity contribution < 1.29 is 19.2 Å². The maximum atomic E-state index is 13.0. The van der Waals surface area contributed by atoms with Crippen molar-refractivity contribution in [3.63, 3.8) is 0 Å². The van der Waals surface area contributed by atoms with Crippen molar-refractivity contribution in [3.05, 3.63) is 87.1 Å². The van der Waals surface area contributed by atoms with Crippen LogP contribution in [0.25, 0.3) is 6.08 Å². The second-order valence-electron chi connectivity index (χ2n) is 5.83. The van der Waals surface area contributed by atoms with E-state index in [0.717, 1.165) is 0 Å². The van der Waals surface area contributed by atoms with Crippen LogP contribution in [0.2, 0.25) is 0 Å². The number of methoxy groups -OCH3 is 1. The Morgan fingerprint density at radius 3 is 2.30 bits per heavy atom. The summed E-state index contributed by atoms with van der Waals surface area (Å²) in [6.07, 6.45) is 1.53. The molecule has 1 aliphatic rings. The Bertz CT molecular complexity index is 975. The van der Waals surface area contributed by atoms with Gasteiger partial charge in [-0.3, -0.25) is 19.8 Å². The predicted octanol–water partition coefficient (Wildman–Crippen LogP) is 3.47. The van der Waals surface area contributed by atoms with Gasteiger partial charge in [-0.15, -0.1) is 0 Å². The van der Waals surface area contributed by atoms with Crippen molar-refractivity contribution >= 4 is 29.3 Å². The highest BCUT2D eigenvalue weighted by molar-refractivity contribution is 6.23. The van der Waals surface area contributed by atoms with Gasteiger partial charge in [-0.1, -0.05) is 18.2 Å². The molecule has 0 N–H and O–H groups in total. The summed E-state index contributed by atoms with van der Waals surface area (Å²) >= 11 is 0. The van der Waals surface area contributed by atoms with Gasteiger partial charge in [-0.05, 0) is 42.8 Å². The van der Waals surface area contributed by atoms with Gasteiger partial charge in [0.05, 0.1) is 23.2 Å². The summed E-state index contributed by atoms with van der Waals surface area (Å²) in [4.78, 5) is 37.1. The molecule has 0 saturated carbocycles. The summed E-state index contributed by atoms with van der Waals surface area (Å²) in [5, 5.41) is 10.8. The molecule has 136 valence electrons. The summed E-state index contributed by atoms with van der Waals surface area (Å²) in [7, 11) is 1.25. The highest BCUT2D eigenvalue weighted by atomic mass is 16.6. The molecule has 1 amide bonds. The summed E-state index contributed by atoms with van der Waals surface area (Å²) < 4.78 is 4.85. The van der Waals surface area contributed by atoms with E-state index in [1.54, 1.807) is 31.2 Å². The zero-order valence-corrected chi connectivity index (χ0v) is 14.7. The fraction of sp³-hybridized carbons (Fsp3) is 0.100. The third-order valence-corrected chi connectivity index (χ3v) is 4.22. The molecule has 1 heterocycles. The van der Waals surface area contributed by atoms with E-state index in [1.165, 1.54) is 42.4 Å². The molecule has 0 fully saturated rings. The number of para-hydroxylation sites is 1. The van der Waals surface area contributed by atoms with Crippen molar-refractivity contribution in [3.8, 4) is 0 Å². The number of benzene rings is 2. The Kier molecular flexibility index (Phi) is 4.85. The number of hydrogen-bond donors (Lipinski definition) is 0. The van der Waals surface area contributed by atoms with Gasteiger partial charge in [-0.25, -0.2) is 4.79 Å². The number of hydrogen-bond acceptors (Lipinski definition) is 5. The number of rotatable bonds is 4. The van der Waals surface area contributed by atoms with Crippen LogP contribution in [0.5, 0.6) is 0 Å². The third-order valence-electron chi connectivity index (χ3n) is 4.22. The van der Waals surface area contributed by atoms with Crippen molar-refractivity contribution in [2.45, 2.75) is 6.92 Å². The normalized spacial score (nSPS) is 15.4. The molecule has 0 unspecified atom stereocenters.